The zero-order valence-electron chi connectivity index (χ0n) is 11.5. The van der Waals surface area contributed by atoms with Crippen LogP contribution in [-0.2, 0) is 13.5 Å². The van der Waals surface area contributed by atoms with Crippen LogP contribution in [0.4, 0.5) is 0 Å². The Hall–Kier alpha value is -2.18. The number of hydrogen-bond donors (Lipinski definition) is 0. The lowest BCUT2D eigenvalue weighted by Gasteiger charge is -2.16. The van der Waals surface area contributed by atoms with Gasteiger partial charge in [-0.15, -0.1) is 0 Å². The van der Waals surface area contributed by atoms with Gasteiger partial charge in [-0.25, -0.2) is 4.98 Å². The highest BCUT2D eigenvalue weighted by atomic mass is 16.5. The number of nitrogens with zero attached hydrogens (tertiary/aromatic N) is 5. The van der Waals surface area contributed by atoms with Gasteiger partial charge in [0.1, 0.15) is 5.69 Å². The average Bonchev–Trinajstić information content (AvgIpc) is 2.92. The molecule has 102 valence electrons. The summed E-state index contributed by atoms with van der Waals surface area (Å²) in [4.78, 5) is 22.1. The Labute approximate surface area is 111 Å². The van der Waals surface area contributed by atoms with Crippen molar-refractivity contribution in [2.45, 2.75) is 20.3 Å². The number of imidazole rings is 1. The van der Waals surface area contributed by atoms with E-state index in [2.05, 4.69) is 15.1 Å². The van der Waals surface area contributed by atoms with Gasteiger partial charge in [-0.3, -0.25) is 4.79 Å². The topological polar surface area (TPSA) is 77.1 Å². The van der Waals surface area contributed by atoms with Crippen LogP contribution in [0.2, 0.25) is 0 Å². The van der Waals surface area contributed by atoms with E-state index in [1.165, 1.54) is 0 Å². The van der Waals surface area contributed by atoms with E-state index in [0.717, 1.165) is 5.69 Å². The molecule has 2 heterocycles. The van der Waals surface area contributed by atoms with E-state index >= 15 is 0 Å². The Kier molecular flexibility index (Phi) is 3.64. The van der Waals surface area contributed by atoms with Crippen LogP contribution < -0.4 is 0 Å². The Bertz CT molecular complexity index is 567. The summed E-state index contributed by atoms with van der Waals surface area (Å²) < 4.78 is 6.62. The van der Waals surface area contributed by atoms with Gasteiger partial charge in [0.15, 0.2) is 5.82 Å². The highest BCUT2D eigenvalue weighted by molar-refractivity contribution is 5.93. The molecular weight excluding hydrogens is 246 g/mol. The van der Waals surface area contributed by atoms with E-state index < -0.39 is 0 Å². The van der Waals surface area contributed by atoms with E-state index in [0.29, 0.717) is 30.4 Å². The van der Waals surface area contributed by atoms with Crippen molar-refractivity contribution in [3.05, 3.63) is 29.4 Å². The van der Waals surface area contributed by atoms with E-state index in [1.54, 1.807) is 29.8 Å². The van der Waals surface area contributed by atoms with E-state index in [4.69, 9.17) is 4.52 Å². The first-order valence-corrected chi connectivity index (χ1v) is 6.01. The zero-order valence-corrected chi connectivity index (χ0v) is 11.5. The van der Waals surface area contributed by atoms with Crippen LogP contribution in [0.15, 0.2) is 10.9 Å². The minimum atomic E-state index is -0.0577. The van der Waals surface area contributed by atoms with E-state index in [-0.39, 0.29) is 5.91 Å². The Balaban J connectivity index is 2.00. The Morgan fingerprint density at radius 1 is 1.47 bits per heavy atom. The van der Waals surface area contributed by atoms with Gasteiger partial charge < -0.3 is 14.0 Å². The maximum absolute atomic E-state index is 12.3. The van der Waals surface area contributed by atoms with Crippen molar-refractivity contribution in [3.8, 4) is 0 Å². The fourth-order valence-electron chi connectivity index (χ4n) is 1.85. The Morgan fingerprint density at radius 2 is 2.21 bits per heavy atom. The number of amides is 1. The maximum atomic E-state index is 12.3. The summed E-state index contributed by atoms with van der Waals surface area (Å²) in [6.07, 6.45) is 2.20. The fourth-order valence-corrected chi connectivity index (χ4v) is 1.85. The summed E-state index contributed by atoms with van der Waals surface area (Å²) >= 11 is 0. The second kappa shape index (κ2) is 5.21. The molecule has 0 atom stereocenters. The van der Waals surface area contributed by atoms with Crippen LogP contribution >= 0.6 is 0 Å². The van der Waals surface area contributed by atoms with Gasteiger partial charge in [-0.05, 0) is 6.92 Å². The number of likely N-dealkylation sites (N-methyl/N-ethyl adjacent to an activating group) is 1. The quantitative estimate of drug-likeness (QED) is 0.813. The molecule has 7 nitrogen and oxygen atoms in total. The van der Waals surface area contributed by atoms with Crippen molar-refractivity contribution < 1.29 is 9.32 Å². The van der Waals surface area contributed by atoms with Gasteiger partial charge in [-0.2, -0.15) is 4.98 Å². The van der Waals surface area contributed by atoms with Crippen LogP contribution in [0.5, 0.6) is 0 Å². The van der Waals surface area contributed by atoms with Crippen LogP contribution in [0.25, 0.3) is 0 Å². The Morgan fingerprint density at radius 3 is 2.74 bits per heavy atom. The largest absolute Gasteiger partial charge is 0.340 e. The summed E-state index contributed by atoms with van der Waals surface area (Å²) in [5, 5.41) is 3.80. The van der Waals surface area contributed by atoms with Gasteiger partial charge in [-0.1, -0.05) is 5.16 Å². The molecule has 0 aliphatic rings. The molecule has 19 heavy (non-hydrogen) atoms. The molecule has 2 aromatic heterocycles. The van der Waals surface area contributed by atoms with Crippen molar-refractivity contribution >= 4 is 5.91 Å². The molecule has 2 aromatic rings. The molecule has 0 unspecified atom stereocenters. The van der Waals surface area contributed by atoms with Crippen molar-refractivity contribution in [2.24, 2.45) is 7.05 Å². The summed E-state index contributed by atoms with van der Waals surface area (Å²) in [7, 11) is 3.56. The highest BCUT2D eigenvalue weighted by Gasteiger charge is 2.18. The normalized spacial score (nSPS) is 10.7. The predicted octanol–water partition coefficient (Wildman–Crippen LogP) is 0.735. The molecular formula is C12H17N5O2. The van der Waals surface area contributed by atoms with Gasteiger partial charge in [0, 0.05) is 34.0 Å². The third kappa shape index (κ3) is 2.81. The molecule has 0 fully saturated rings. The van der Waals surface area contributed by atoms with Crippen LogP contribution in [0.3, 0.4) is 0 Å². The molecule has 0 N–H and O–H groups in total. The minimum absolute atomic E-state index is 0.0577. The number of aryl methyl sites for hydroxylation is 3. The number of aromatic nitrogens is 4. The molecule has 0 saturated heterocycles. The second-order valence-electron chi connectivity index (χ2n) is 4.50. The van der Waals surface area contributed by atoms with Crippen LogP contribution in [0.1, 0.15) is 27.9 Å². The molecule has 2 rings (SSSR count). The van der Waals surface area contributed by atoms with Gasteiger partial charge in [0.05, 0.1) is 12.0 Å². The van der Waals surface area contributed by atoms with Crippen molar-refractivity contribution in [1.29, 1.82) is 0 Å². The molecule has 0 saturated carbocycles. The molecule has 0 aliphatic carbocycles. The predicted molar refractivity (Wildman–Crippen MR) is 67.6 cm³/mol. The lowest BCUT2D eigenvalue weighted by molar-refractivity contribution is 0.0785. The molecule has 0 aromatic carbocycles. The second-order valence-corrected chi connectivity index (χ2v) is 4.50. The zero-order chi connectivity index (χ0) is 14.0. The lowest BCUT2D eigenvalue weighted by Crippen LogP contribution is -2.31. The smallest absolute Gasteiger partial charge is 0.272 e. The first-order chi connectivity index (χ1) is 8.99. The van der Waals surface area contributed by atoms with E-state index in [9.17, 15) is 4.79 Å². The number of carbonyl (C=O) groups excluding carboxylic acids is 1. The maximum Gasteiger partial charge on any atom is 0.272 e. The van der Waals surface area contributed by atoms with E-state index in [1.807, 2.05) is 14.0 Å². The molecule has 0 spiro atoms. The fraction of sp³-hybridized carbons (Fsp3) is 0.500. The number of carbonyl (C=O) groups is 1. The molecule has 7 heteroatoms. The van der Waals surface area contributed by atoms with Gasteiger partial charge in [0.25, 0.3) is 5.91 Å². The summed E-state index contributed by atoms with van der Waals surface area (Å²) in [6.45, 7) is 4.09. The molecule has 0 bridgehead atoms. The first kappa shape index (κ1) is 13.3. The monoisotopic (exact) mass is 263 g/mol. The minimum Gasteiger partial charge on any atom is -0.340 e. The summed E-state index contributed by atoms with van der Waals surface area (Å²) in [6, 6.07) is 0. The van der Waals surface area contributed by atoms with Crippen LogP contribution in [-0.4, -0.2) is 44.1 Å². The molecule has 0 aliphatic heterocycles. The molecule has 0 radical (unpaired) electrons. The first-order valence-electron chi connectivity index (χ1n) is 6.01. The standard InChI is InChI=1S/C12H17N5O2/c1-8-11(17(4)7-13-8)12(18)16(3)6-5-10-14-9(2)19-15-10/h7H,5-6H2,1-4H3. The third-order valence-electron chi connectivity index (χ3n) is 2.91. The number of rotatable bonds is 4. The van der Waals surface area contributed by atoms with Crippen molar-refractivity contribution in [1.82, 2.24) is 24.6 Å². The van der Waals surface area contributed by atoms with Gasteiger partial charge >= 0.3 is 0 Å². The number of hydrogen-bond acceptors (Lipinski definition) is 5. The molecule has 1 amide bonds. The van der Waals surface area contributed by atoms with Crippen molar-refractivity contribution in [2.75, 3.05) is 13.6 Å². The average molecular weight is 263 g/mol. The van der Waals surface area contributed by atoms with Gasteiger partial charge in [0.2, 0.25) is 5.89 Å². The third-order valence-corrected chi connectivity index (χ3v) is 2.91. The highest BCUT2D eigenvalue weighted by Crippen LogP contribution is 2.08. The summed E-state index contributed by atoms with van der Waals surface area (Å²) in [5.74, 6) is 1.09. The summed E-state index contributed by atoms with van der Waals surface area (Å²) in [5.41, 5.74) is 1.33. The van der Waals surface area contributed by atoms with Crippen LogP contribution in [0, 0.1) is 13.8 Å². The van der Waals surface area contributed by atoms with Crippen molar-refractivity contribution in [3.63, 3.8) is 0 Å². The lowest BCUT2D eigenvalue weighted by atomic mass is 10.3. The SMILES string of the molecule is Cc1nc(CCN(C)C(=O)c2c(C)ncn2C)no1.